The molecule has 0 aromatic heterocycles. The van der Waals surface area contributed by atoms with Gasteiger partial charge in [0.1, 0.15) is 23.1 Å². The van der Waals surface area contributed by atoms with Crippen molar-refractivity contribution in [2.45, 2.75) is 13.8 Å². The van der Waals surface area contributed by atoms with Crippen molar-refractivity contribution in [3.05, 3.63) is 88.5 Å². The molecule has 0 radical (unpaired) electrons. The van der Waals surface area contributed by atoms with Gasteiger partial charge in [-0.1, -0.05) is 35.9 Å². The molecule has 0 spiro atoms. The molecule has 3 rings (SSSR count). The number of hydrogen-bond donors (Lipinski definition) is 2. The Labute approximate surface area is 208 Å². The van der Waals surface area contributed by atoms with E-state index in [0.717, 1.165) is 5.56 Å². The first-order valence-corrected chi connectivity index (χ1v) is 11.2. The number of carbonyl (C=O) groups excluding carboxylic acids is 2. The Hall–Kier alpha value is -4.28. The molecule has 0 atom stereocenters. The van der Waals surface area contributed by atoms with Gasteiger partial charge in [0.25, 0.3) is 11.8 Å². The van der Waals surface area contributed by atoms with Crippen LogP contribution in [0.3, 0.4) is 0 Å². The van der Waals surface area contributed by atoms with Crippen LogP contribution >= 0.6 is 11.6 Å². The zero-order valence-electron chi connectivity index (χ0n) is 19.3. The van der Waals surface area contributed by atoms with Crippen molar-refractivity contribution in [3.63, 3.8) is 0 Å². The first kappa shape index (κ1) is 25.3. The molecule has 3 aromatic carbocycles. The summed E-state index contributed by atoms with van der Waals surface area (Å²) in [5.74, 6) is 0.0891. The zero-order valence-corrected chi connectivity index (χ0v) is 20.1. The normalized spacial score (nSPS) is 10.7. The fourth-order valence-electron chi connectivity index (χ4n) is 3.05. The van der Waals surface area contributed by atoms with Gasteiger partial charge < -0.3 is 20.1 Å². The molecule has 0 bridgehead atoms. The molecule has 0 heterocycles. The van der Waals surface area contributed by atoms with E-state index in [9.17, 15) is 14.9 Å². The number of carbonyl (C=O) groups is 2. The van der Waals surface area contributed by atoms with Crippen LogP contribution in [0, 0.1) is 18.3 Å². The Morgan fingerprint density at radius 1 is 1.00 bits per heavy atom. The highest BCUT2D eigenvalue weighted by Gasteiger charge is 2.13. The van der Waals surface area contributed by atoms with Crippen LogP contribution in [0.2, 0.25) is 5.02 Å². The van der Waals surface area contributed by atoms with Crippen molar-refractivity contribution >= 4 is 40.9 Å². The third-order valence-corrected chi connectivity index (χ3v) is 5.23. The first-order valence-electron chi connectivity index (χ1n) is 10.8. The summed E-state index contributed by atoms with van der Waals surface area (Å²) in [5, 5.41) is 15.5. The Bertz CT molecular complexity index is 1280. The summed E-state index contributed by atoms with van der Waals surface area (Å²) in [5.41, 5.74) is 2.35. The van der Waals surface area contributed by atoms with Crippen LogP contribution in [0.4, 0.5) is 11.4 Å². The molecule has 3 aromatic rings. The van der Waals surface area contributed by atoms with Crippen LogP contribution in [-0.2, 0) is 9.59 Å². The van der Waals surface area contributed by atoms with Gasteiger partial charge in [-0.3, -0.25) is 9.59 Å². The number of para-hydroxylation sites is 1. The maximum atomic E-state index is 12.6. The maximum absolute atomic E-state index is 12.6. The lowest BCUT2D eigenvalue weighted by Gasteiger charge is -2.11. The molecule has 0 saturated heterocycles. The van der Waals surface area contributed by atoms with Crippen LogP contribution in [0.1, 0.15) is 18.1 Å². The van der Waals surface area contributed by atoms with Crippen molar-refractivity contribution in [3.8, 4) is 17.6 Å². The van der Waals surface area contributed by atoms with Crippen molar-refractivity contribution < 1.29 is 19.1 Å². The molecular weight excluding hydrogens is 466 g/mol. The number of halogens is 1. The third-order valence-electron chi connectivity index (χ3n) is 4.82. The summed E-state index contributed by atoms with van der Waals surface area (Å²) in [6.07, 6.45) is 1.41. The number of anilines is 2. The second-order valence-corrected chi connectivity index (χ2v) is 7.83. The molecule has 0 aliphatic rings. The van der Waals surface area contributed by atoms with Crippen LogP contribution in [0.15, 0.2) is 72.3 Å². The average Bonchev–Trinajstić information content (AvgIpc) is 2.85. The van der Waals surface area contributed by atoms with E-state index in [1.807, 2.05) is 19.9 Å². The quantitative estimate of drug-likeness (QED) is 0.300. The number of benzene rings is 3. The van der Waals surface area contributed by atoms with E-state index in [-0.39, 0.29) is 18.1 Å². The molecule has 35 heavy (non-hydrogen) atoms. The van der Waals surface area contributed by atoms with Crippen LogP contribution in [0.25, 0.3) is 6.08 Å². The summed E-state index contributed by atoms with van der Waals surface area (Å²) in [6.45, 7) is 4.02. The Morgan fingerprint density at radius 2 is 1.71 bits per heavy atom. The minimum Gasteiger partial charge on any atom is -0.494 e. The topological polar surface area (TPSA) is 100 Å². The number of nitrogens with one attached hydrogen (secondary N) is 2. The highest BCUT2D eigenvalue weighted by Crippen LogP contribution is 2.23. The molecule has 8 heteroatoms. The lowest BCUT2D eigenvalue weighted by molar-refractivity contribution is -0.118. The fraction of sp³-hybridized carbons (Fsp3) is 0.148. The Kier molecular flexibility index (Phi) is 8.88. The van der Waals surface area contributed by atoms with Crippen molar-refractivity contribution in [1.82, 2.24) is 0 Å². The van der Waals surface area contributed by atoms with E-state index >= 15 is 0 Å². The summed E-state index contributed by atoms with van der Waals surface area (Å²) >= 11 is 6.10. The number of aryl methyl sites for hydroxylation is 1. The smallest absolute Gasteiger partial charge is 0.266 e. The standard InChI is InChI=1S/C27H24ClN3O4/c1-3-34-23-12-10-21(11-13-23)31-27(33)20(16-29)14-19-6-4-5-7-25(19)35-17-26(32)30-22-9-8-18(2)24(28)15-22/h4-15H,3,17H2,1-2H3,(H,30,32)(H,31,33)/b20-14+. The van der Waals surface area contributed by atoms with E-state index in [1.54, 1.807) is 66.7 Å². The molecular formula is C27H24ClN3O4. The summed E-state index contributed by atoms with van der Waals surface area (Å²) in [7, 11) is 0. The summed E-state index contributed by atoms with van der Waals surface area (Å²) in [4.78, 5) is 25.0. The van der Waals surface area contributed by atoms with E-state index in [1.165, 1.54) is 6.08 Å². The van der Waals surface area contributed by atoms with Crippen molar-refractivity contribution in [2.24, 2.45) is 0 Å². The van der Waals surface area contributed by atoms with Gasteiger partial charge in [-0.15, -0.1) is 0 Å². The summed E-state index contributed by atoms with van der Waals surface area (Å²) in [6, 6.07) is 20.8. The number of nitrogens with zero attached hydrogens (tertiary/aromatic N) is 1. The molecule has 0 saturated carbocycles. The zero-order chi connectivity index (χ0) is 25.2. The van der Waals surface area contributed by atoms with Crippen molar-refractivity contribution in [2.75, 3.05) is 23.8 Å². The van der Waals surface area contributed by atoms with Gasteiger partial charge in [-0.25, -0.2) is 0 Å². The van der Waals surface area contributed by atoms with Gasteiger partial charge >= 0.3 is 0 Å². The van der Waals surface area contributed by atoms with E-state index < -0.39 is 5.91 Å². The van der Waals surface area contributed by atoms with Gasteiger partial charge in [0.05, 0.1) is 6.61 Å². The number of nitriles is 1. The lowest BCUT2D eigenvalue weighted by Crippen LogP contribution is -2.20. The molecule has 2 N–H and O–H groups in total. The van der Waals surface area contributed by atoms with E-state index in [2.05, 4.69) is 10.6 Å². The minimum absolute atomic E-state index is 0.117. The largest absolute Gasteiger partial charge is 0.494 e. The molecule has 2 amide bonds. The fourth-order valence-corrected chi connectivity index (χ4v) is 3.23. The van der Waals surface area contributed by atoms with Crippen molar-refractivity contribution in [1.29, 1.82) is 5.26 Å². The second-order valence-electron chi connectivity index (χ2n) is 7.42. The minimum atomic E-state index is -0.569. The Balaban J connectivity index is 1.67. The monoisotopic (exact) mass is 489 g/mol. The van der Waals surface area contributed by atoms with Gasteiger partial charge in [0.15, 0.2) is 6.61 Å². The number of rotatable bonds is 9. The lowest BCUT2D eigenvalue weighted by atomic mass is 10.1. The highest BCUT2D eigenvalue weighted by molar-refractivity contribution is 6.31. The predicted octanol–water partition coefficient (Wildman–Crippen LogP) is 5.61. The highest BCUT2D eigenvalue weighted by atomic mass is 35.5. The van der Waals surface area contributed by atoms with E-state index in [4.69, 9.17) is 21.1 Å². The van der Waals surface area contributed by atoms with Gasteiger partial charge in [-0.2, -0.15) is 5.26 Å². The SMILES string of the molecule is CCOc1ccc(NC(=O)/C(C#N)=C/c2ccccc2OCC(=O)Nc2ccc(C)c(Cl)c2)cc1. The van der Waals surface area contributed by atoms with Crippen LogP contribution in [0.5, 0.6) is 11.5 Å². The van der Waals surface area contributed by atoms with Gasteiger partial charge in [-0.05, 0) is 68.0 Å². The van der Waals surface area contributed by atoms with E-state index in [0.29, 0.717) is 40.1 Å². The molecule has 0 fully saturated rings. The molecule has 0 unspecified atom stereocenters. The first-order chi connectivity index (χ1) is 16.9. The predicted molar refractivity (Wildman–Crippen MR) is 137 cm³/mol. The second kappa shape index (κ2) is 12.3. The average molecular weight is 490 g/mol. The molecule has 178 valence electrons. The van der Waals surface area contributed by atoms with Gasteiger partial charge in [0.2, 0.25) is 0 Å². The third kappa shape index (κ3) is 7.36. The maximum Gasteiger partial charge on any atom is 0.266 e. The summed E-state index contributed by atoms with van der Waals surface area (Å²) < 4.78 is 11.0. The molecule has 0 aliphatic heterocycles. The Morgan fingerprint density at radius 3 is 2.40 bits per heavy atom. The molecule has 0 aliphatic carbocycles. The van der Waals surface area contributed by atoms with Crippen LogP contribution < -0.4 is 20.1 Å². The number of ether oxygens (including phenoxy) is 2. The number of amides is 2. The molecule has 7 nitrogen and oxygen atoms in total. The number of hydrogen-bond acceptors (Lipinski definition) is 5. The van der Waals surface area contributed by atoms with Crippen LogP contribution in [-0.4, -0.2) is 25.0 Å². The van der Waals surface area contributed by atoms with Gasteiger partial charge in [0, 0.05) is 22.0 Å².